The Morgan fingerprint density at radius 3 is 2.09 bits per heavy atom. The van der Waals surface area contributed by atoms with Gasteiger partial charge in [-0.3, -0.25) is 4.79 Å². The fourth-order valence-electron chi connectivity index (χ4n) is 3.93. The van der Waals surface area contributed by atoms with Gasteiger partial charge in [0.25, 0.3) is 0 Å². The predicted octanol–water partition coefficient (Wildman–Crippen LogP) is 4.09. The van der Waals surface area contributed by atoms with Crippen molar-refractivity contribution >= 4 is 18.0 Å². The summed E-state index contributed by atoms with van der Waals surface area (Å²) in [4.78, 5) is 36.3. The smallest absolute Gasteiger partial charge is 0.407 e. The van der Waals surface area contributed by atoms with E-state index in [2.05, 4.69) is 22.8 Å². The third kappa shape index (κ3) is 5.61. The number of carboxylic acids is 1. The summed E-state index contributed by atoms with van der Waals surface area (Å²) in [5.41, 5.74) is 4.04. The molecule has 7 heteroatoms. The van der Waals surface area contributed by atoms with Crippen LogP contribution in [0.5, 0.6) is 0 Å². The first kappa shape index (κ1) is 24.0. The van der Waals surface area contributed by atoms with Crippen molar-refractivity contribution < 1.29 is 24.2 Å². The van der Waals surface area contributed by atoms with Crippen LogP contribution in [0.3, 0.4) is 0 Å². The maximum Gasteiger partial charge on any atom is 0.407 e. The van der Waals surface area contributed by atoms with Crippen LogP contribution in [0, 0.1) is 5.41 Å². The molecule has 2 aromatic rings. The van der Waals surface area contributed by atoms with E-state index in [9.17, 15) is 14.4 Å². The zero-order chi connectivity index (χ0) is 24.2. The Morgan fingerprint density at radius 1 is 1.03 bits per heavy atom. The minimum absolute atomic E-state index is 0.0515. The van der Waals surface area contributed by atoms with Crippen LogP contribution in [0.15, 0.2) is 60.2 Å². The molecule has 0 saturated carbocycles. The van der Waals surface area contributed by atoms with Crippen molar-refractivity contribution in [1.82, 2.24) is 10.6 Å². The third-order valence-corrected chi connectivity index (χ3v) is 5.76. The maximum atomic E-state index is 12.7. The summed E-state index contributed by atoms with van der Waals surface area (Å²) in [6.07, 6.45) is 0.733. The number of carbonyl (C=O) groups excluding carboxylic acids is 2. The lowest BCUT2D eigenvalue weighted by Gasteiger charge is -2.30. The van der Waals surface area contributed by atoms with E-state index in [0.29, 0.717) is 0 Å². The highest BCUT2D eigenvalue weighted by Gasteiger charge is 2.34. The monoisotopic (exact) mass is 450 g/mol. The Morgan fingerprint density at radius 2 is 1.58 bits per heavy atom. The first-order valence-electron chi connectivity index (χ1n) is 10.9. The van der Waals surface area contributed by atoms with Crippen LogP contribution < -0.4 is 10.6 Å². The standard InChI is InChI=1S/C26H30N2O5/c1-16(24(30)31)13-14-27-23(29)22(26(2,3)4)28-25(32)33-15-21-19-11-7-5-9-17(19)18-10-6-8-12-20(18)21/h5-13,21-22H,14-15H2,1-4H3,(H,27,29)(H,28,32)(H,30,31)/b16-13+/t22-/m1/s1. The zero-order valence-electron chi connectivity index (χ0n) is 19.3. The van der Waals surface area contributed by atoms with E-state index in [0.717, 1.165) is 22.3 Å². The van der Waals surface area contributed by atoms with Crippen molar-refractivity contribution in [1.29, 1.82) is 0 Å². The largest absolute Gasteiger partial charge is 0.478 e. The zero-order valence-corrected chi connectivity index (χ0v) is 19.3. The van der Waals surface area contributed by atoms with Crippen LogP contribution >= 0.6 is 0 Å². The maximum absolute atomic E-state index is 12.7. The topological polar surface area (TPSA) is 105 Å². The fourth-order valence-corrected chi connectivity index (χ4v) is 3.93. The molecular weight excluding hydrogens is 420 g/mol. The van der Waals surface area contributed by atoms with Gasteiger partial charge in [0, 0.05) is 18.0 Å². The molecule has 2 amide bonds. The van der Waals surface area contributed by atoms with Crippen molar-refractivity contribution in [3.8, 4) is 11.1 Å². The van der Waals surface area contributed by atoms with Crippen molar-refractivity contribution in [2.75, 3.05) is 13.2 Å². The Bertz CT molecular complexity index is 1040. The van der Waals surface area contributed by atoms with Gasteiger partial charge in [-0.25, -0.2) is 9.59 Å². The molecular formula is C26H30N2O5. The number of carboxylic acid groups (broad SMARTS) is 1. The molecule has 0 fully saturated rings. The van der Waals surface area contributed by atoms with Crippen molar-refractivity contribution in [2.24, 2.45) is 5.41 Å². The van der Waals surface area contributed by atoms with E-state index in [-0.39, 0.29) is 24.6 Å². The number of hydrogen-bond donors (Lipinski definition) is 3. The highest BCUT2D eigenvalue weighted by molar-refractivity contribution is 5.88. The number of ether oxygens (including phenoxy) is 1. The molecule has 0 heterocycles. The molecule has 1 atom stereocenters. The van der Waals surface area contributed by atoms with Gasteiger partial charge in [-0.2, -0.15) is 0 Å². The van der Waals surface area contributed by atoms with Crippen molar-refractivity contribution in [3.63, 3.8) is 0 Å². The van der Waals surface area contributed by atoms with Gasteiger partial charge in [0.05, 0.1) is 0 Å². The average molecular weight is 451 g/mol. The molecule has 2 aromatic carbocycles. The molecule has 0 bridgehead atoms. The Balaban J connectivity index is 1.65. The highest BCUT2D eigenvalue weighted by Crippen LogP contribution is 2.44. The summed E-state index contributed by atoms with van der Waals surface area (Å²) in [5.74, 6) is -1.53. The Labute approximate surface area is 193 Å². The van der Waals surface area contributed by atoms with Gasteiger partial charge in [0.2, 0.25) is 5.91 Å². The van der Waals surface area contributed by atoms with Gasteiger partial charge in [-0.1, -0.05) is 75.4 Å². The number of rotatable bonds is 7. The molecule has 33 heavy (non-hydrogen) atoms. The molecule has 174 valence electrons. The molecule has 0 spiro atoms. The molecule has 0 saturated heterocycles. The number of aliphatic carboxylic acids is 1. The van der Waals surface area contributed by atoms with Gasteiger partial charge in [-0.05, 0) is 34.6 Å². The Kier molecular flexibility index (Phi) is 7.21. The number of fused-ring (bicyclic) bond motifs is 3. The Hall–Kier alpha value is -3.61. The number of nitrogens with one attached hydrogen (secondary N) is 2. The summed E-state index contributed by atoms with van der Waals surface area (Å²) in [6, 6.07) is 15.3. The number of hydrogen-bond acceptors (Lipinski definition) is 4. The predicted molar refractivity (Wildman–Crippen MR) is 126 cm³/mol. The summed E-state index contributed by atoms with van der Waals surface area (Å²) in [6.45, 7) is 7.15. The van der Waals surface area contributed by atoms with E-state index >= 15 is 0 Å². The third-order valence-electron chi connectivity index (χ3n) is 5.76. The van der Waals surface area contributed by atoms with Gasteiger partial charge in [-0.15, -0.1) is 0 Å². The summed E-state index contributed by atoms with van der Waals surface area (Å²) >= 11 is 0. The van der Waals surface area contributed by atoms with Crippen molar-refractivity contribution in [3.05, 3.63) is 71.3 Å². The molecule has 0 radical (unpaired) electrons. The number of carbonyl (C=O) groups is 3. The molecule has 1 aliphatic rings. The SMILES string of the molecule is C/C(=C\CNC(=O)[C@@H](NC(=O)OCC1c2ccccc2-c2ccccc21)C(C)(C)C)C(=O)O. The van der Waals surface area contributed by atoms with Crippen molar-refractivity contribution in [2.45, 2.75) is 39.7 Å². The summed E-state index contributed by atoms with van der Waals surface area (Å²) in [5, 5.41) is 14.3. The van der Waals surface area contributed by atoms with Crippen LogP contribution in [-0.4, -0.2) is 42.3 Å². The molecule has 7 nitrogen and oxygen atoms in total. The van der Waals surface area contributed by atoms with E-state index in [1.54, 1.807) is 0 Å². The van der Waals surface area contributed by atoms with Crippen LogP contribution in [0.4, 0.5) is 4.79 Å². The normalized spacial score (nSPS) is 14.1. The number of amides is 2. The average Bonchev–Trinajstić information content (AvgIpc) is 3.08. The van der Waals surface area contributed by atoms with E-state index in [1.807, 2.05) is 57.2 Å². The molecule has 3 rings (SSSR count). The quantitative estimate of drug-likeness (QED) is 0.551. The minimum atomic E-state index is -1.05. The van der Waals surface area contributed by atoms with Crippen LogP contribution in [0.2, 0.25) is 0 Å². The second-order valence-electron chi connectivity index (χ2n) is 9.21. The second-order valence-corrected chi connectivity index (χ2v) is 9.21. The minimum Gasteiger partial charge on any atom is -0.478 e. The van der Waals surface area contributed by atoms with Crippen LogP contribution in [0.1, 0.15) is 44.7 Å². The lowest BCUT2D eigenvalue weighted by atomic mass is 9.86. The fraction of sp³-hybridized carbons (Fsp3) is 0.346. The number of benzene rings is 2. The summed E-state index contributed by atoms with van der Waals surface area (Å²) < 4.78 is 5.57. The van der Waals surface area contributed by atoms with Crippen LogP contribution in [-0.2, 0) is 14.3 Å². The van der Waals surface area contributed by atoms with Gasteiger partial charge >= 0.3 is 12.1 Å². The van der Waals surface area contributed by atoms with E-state index < -0.39 is 29.4 Å². The lowest BCUT2D eigenvalue weighted by molar-refractivity contribution is -0.132. The molecule has 0 aromatic heterocycles. The van der Waals surface area contributed by atoms with Gasteiger partial charge < -0.3 is 20.5 Å². The molecule has 1 aliphatic carbocycles. The first-order chi connectivity index (χ1) is 15.6. The lowest BCUT2D eigenvalue weighted by Crippen LogP contribution is -2.53. The second kappa shape index (κ2) is 9.90. The van der Waals surface area contributed by atoms with Gasteiger partial charge in [0.1, 0.15) is 12.6 Å². The molecule has 0 aliphatic heterocycles. The molecule has 0 unspecified atom stereocenters. The molecule has 3 N–H and O–H groups in total. The number of alkyl carbamates (subject to hydrolysis) is 1. The van der Waals surface area contributed by atoms with Gasteiger partial charge in [0.15, 0.2) is 0 Å². The first-order valence-corrected chi connectivity index (χ1v) is 10.9. The summed E-state index contributed by atoms with van der Waals surface area (Å²) in [7, 11) is 0. The van der Waals surface area contributed by atoms with Crippen LogP contribution in [0.25, 0.3) is 11.1 Å². The van der Waals surface area contributed by atoms with E-state index in [1.165, 1.54) is 13.0 Å². The highest BCUT2D eigenvalue weighted by atomic mass is 16.5. The van der Waals surface area contributed by atoms with E-state index in [4.69, 9.17) is 9.84 Å².